The molecule has 2 N–H and O–H groups in total. The van der Waals surface area contributed by atoms with E-state index in [1.807, 2.05) is 24.3 Å². The zero-order valence-electron chi connectivity index (χ0n) is 17.3. The summed E-state index contributed by atoms with van der Waals surface area (Å²) < 4.78 is 11.3. The maximum atomic E-state index is 11.7. The fourth-order valence-corrected chi connectivity index (χ4v) is 3.27. The molecule has 3 aromatic rings. The molecule has 0 atom stereocenters. The van der Waals surface area contributed by atoms with Gasteiger partial charge >= 0.3 is 0 Å². The molecule has 0 radical (unpaired) electrons. The van der Waals surface area contributed by atoms with Crippen LogP contribution >= 0.6 is 11.6 Å². The van der Waals surface area contributed by atoms with Crippen LogP contribution in [0.4, 0.5) is 23.0 Å². The number of amides is 1. The highest BCUT2D eigenvalue weighted by atomic mass is 35.5. The van der Waals surface area contributed by atoms with Crippen molar-refractivity contribution in [1.29, 1.82) is 0 Å². The zero-order chi connectivity index (χ0) is 22.3. The number of carbonyl (C=O) groups excluding carboxylic acids is 1. The molecular weight excluding hydrogens is 430 g/mol. The minimum atomic E-state index is -0.349. The highest BCUT2D eigenvalue weighted by Crippen LogP contribution is 2.33. The van der Waals surface area contributed by atoms with Crippen LogP contribution < -0.4 is 20.3 Å². The molecular formula is C23H22ClN5O3. The van der Waals surface area contributed by atoms with Gasteiger partial charge in [0.05, 0.1) is 25.1 Å². The van der Waals surface area contributed by atoms with Gasteiger partial charge in [0.15, 0.2) is 5.75 Å². The molecule has 0 unspecified atom stereocenters. The van der Waals surface area contributed by atoms with Gasteiger partial charge in [-0.25, -0.2) is 4.98 Å². The van der Waals surface area contributed by atoms with Gasteiger partial charge in [0.25, 0.3) is 0 Å². The number of nitrogens with one attached hydrogen (secondary N) is 2. The summed E-state index contributed by atoms with van der Waals surface area (Å²) in [6.45, 7) is 6.69. The standard InChI is InChI=1S/C23H22ClN5O3/c1-2-21(30)27-19-5-3-4-6-20(19)32-22-18(24)15-25-23(28-22)26-16-7-9-17(10-8-16)29-11-13-31-14-12-29/h2-10,15H,1,11-14H2,(H,27,30)(H,25,26,28). The fourth-order valence-electron chi connectivity index (χ4n) is 3.14. The van der Waals surface area contributed by atoms with Gasteiger partial charge in [-0.05, 0) is 42.5 Å². The van der Waals surface area contributed by atoms with Crippen LogP contribution in [0.2, 0.25) is 5.02 Å². The van der Waals surface area contributed by atoms with E-state index in [0.717, 1.165) is 37.7 Å². The number of nitrogens with zero attached hydrogens (tertiary/aromatic N) is 3. The number of para-hydroxylation sites is 2. The van der Waals surface area contributed by atoms with Gasteiger partial charge in [-0.1, -0.05) is 30.3 Å². The number of aromatic nitrogens is 2. The van der Waals surface area contributed by atoms with Crippen molar-refractivity contribution in [2.24, 2.45) is 0 Å². The van der Waals surface area contributed by atoms with Crippen LogP contribution in [0, 0.1) is 0 Å². The van der Waals surface area contributed by atoms with Crippen molar-refractivity contribution in [2.45, 2.75) is 0 Å². The molecule has 9 heteroatoms. The Morgan fingerprint density at radius 2 is 1.91 bits per heavy atom. The van der Waals surface area contributed by atoms with Crippen molar-refractivity contribution >= 4 is 40.5 Å². The Bertz CT molecular complexity index is 1100. The maximum Gasteiger partial charge on any atom is 0.247 e. The van der Waals surface area contributed by atoms with Crippen molar-refractivity contribution < 1.29 is 14.3 Å². The van der Waals surface area contributed by atoms with E-state index in [2.05, 4.69) is 32.1 Å². The van der Waals surface area contributed by atoms with Gasteiger partial charge < -0.3 is 25.0 Å². The number of ether oxygens (including phenoxy) is 2. The number of benzene rings is 2. The summed E-state index contributed by atoms with van der Waals surface area (Å²) >= 11 is 6.24. The fraction of sp³-hybridized carbons (Fsp3) is 0.174. The molecule has 4 rings (SSSR count). The molecule has 164 valence electrons. The van der Waals surface area contributed by atoms with Crippen molar-refractivity contribution in [3.8, 4) is 11.6 Å². The smallest absolute Gasteiger partial charge is 0.247 e. The first kappa shape index (κ1) is 21.6. The first-order valence-electron chi connectivity index (χ1n) is 10.0. The quantitative estimate of drug-likeness (QED) is 0.506. The van der Waals surface area contributed by atoms with E-state index in [1.54, 1.807) is 24.3 Å². The number of halogens is 1. The van der Waals surface area contributed by atoms with E-state index >= 15 is 0 Å². The maximum absolute atomic E-state index is 11.7. The summed E-state index contributed by atoms with van der Waals surface area (Å²) in [5, 5.41) is 6.09. The lowest BCUT2D eigenvalue weighted by Crippen LogP contribution is -2.36. The predicted molar refractivity (Wildman–Crippen MR) is 125 cm³/mol. The van der Waals surface area contributed by atoms with Crippen LogP contribution in [0.25, 0.3) is 0 Å². The number of morpholine rings is 1. The summed E-state index contributed by atoms with van der Waals surface area (Å²) in [5.41, 5.74) is 2.44. The molecule has 1 amide bonds. The highest BCUT2D eigenvalue weighted by Gasteiger charge is 2.13. The molecule has 0 bridgehead atoms. The van der Waals surface area contributed by atoms with Crippen LogP contribution in [-0.2, 0) is 9.53 Å². The molecule has 1 aliphatic rings. The lowest BCUT2D eigenvalue weighted by atomic mass is 10.2. The van der Waals surface area contributed by atoms with Gasteiger partial charge in [-0.15, -0.1) is 0 Å². The van der Waals surface area contributed by atoms with Gasteiger partial charge in [0, 0.05) is 24.5 Å². The van der Waals surface area contributed by atoms with Crippen molar-refractivity contribution in [3.63, 3.8) is 0 Å². The molecule has 1 saturated heterocycles. The van der Waals surface area contributed by atoms with E-state index in [4.69, 9.17) is 21.1 Å². The van der Waals surface area contributed by atoms with Gasteiger partial charge in [0.1, 0.15) is 5.02 Å². The van der Waals surface area contributed by atoms with Crippen LogP contribution in [-0.4, -0.2) is 42.2 Å². The summed E-state index contributed by atoms with van der Waals surface area (Å²) in [6.07, 6.45) is 2.64. The molecule has 2 aromatic carbocycles. The molecule has 2 heterocycles. The first-order valence-corrected chi connectivity index (χ1v) is 10.4. The number of carbonyl (C=O) groups is 1. The van der Waals surface area contributed by atoms with Crippen molar-refractivity contribution in [3.05, 3.63) is 72.4 Å². The minimum absolute atomic E-state index is 0.161. The molecule has 8 nitrogen and oxygen atoms in total. The topological polar surface area (TPSA) is 88.6 Å². The largest absolute Gasteiger partial charge is 0.435 e. The van der Waals surface area contributed by atoms with E-state index in [1.165, 1.54) is 12.3 Å². The zero-order valence-corrected chi connectivity index (χ0v) is 18.0. The average Bonchev–Trinajstić information content (AvgIpc) is 2.83. The molecule has 1 aromatic heterocycles. The Morgan fingerprint density at radius 1 is 1.16 bits per heavy atom. The Balaban J connectivity index is 1.49. The van der Waals surface area contributed by atoms with E-state index in [9.17, 15) is 4.79 Å². The molecule has 32 heavy (non-hydrogen) atoms. The number of anilines is 4. The summed E-state index contributed by atoms with van der Waals surface area (Å²) in [4.78, 5) is 22.6. The third-order valence-corrected chi connectivity index (χ3v) is 5.01. The second-order valence-electron chi connectivity index (χ2n) is 6.91. The third-order valence-electron chi connectivity index (χ3n) is 4.75. The van der Waals surface area contributed by atoms with Crippen molar-refractivity contribution in [2.75, 3.05) is 41.8 Å². The first-order chi connectivity index (χ1) is 15.6. The third kappa shape index (κ3) is 5.35. The summed E-state index contributed by atoms with van der Waals surface area (Å²) in [6, 6.07) is 15.0. The molecule has 1 fully saturated rings. The van der Waals surface area contributed by atoms with E-state index in [0.29, 0.717) is 17.4 Å². The van der Waals surface area contributed by atoms with E-state index < -0.39 is 0 Å². The number of hydrogen-bond donors (Lipinski definition) is 2. The normalized spacial score (nSPS) is 13.3. The van der Waals surface area contributed by atoms with Gasteiger partial charge in [-0.2, -0.15) is 4.98 Å². The summed E-state index contributed by atoms with van der Waals surface area (Å²) in [5.74, 6) is 0.535. The highest BCUT2D eigenvalue weighted by molar-refractivity contribution is 6.31. The van der Waals surface area contributed by atoms with Crippen LogP contribution in [0.15, 0.2) is 67.4 Å². The Hall–Kier alpha value is -3.62. The minimum Gasteiger partial charge on any atom is -0.435 e. The Labute approximate surface area is 190 Å². The van der Waals surface area contributed by atoms with Crippen molar-refractivity contribution in [1.82, 2.24) is 9.97 Å². The second kappa shape index (κ2) is 10.1. The number of hydrogen-bond acceptors (Lipinski definition) is 7. The van der Waals surface area contributed by atoms with E-state index in [-0.39, 0.29) is 16.8 Å². The van der Waals surface area contributed by atoms with Gasteiger partial charge in [0.2, 0.25) is 17.7 Å². The van der Waals surface area contributed by atoms with Crippen LogP contribution in [0.3, 0.4) is 0 Å². The molecule has 0 saturated carbocycles. The summed E-state index contributed by atoms with van der Waals surface area (Å²) in [7, 11) is 0. The Kier molecular flexibility index (Phi) is 6.84. The van der Waals surface area contributed by atoms with Crippen LogP contribution in [0.1, 0.15) is 0 Å². The SMILES string of the molecule is C=CC(=O)Nc1ccccc1Oc1nc(Nc2ccc(N3CCOCC3)cc2)ncc1Cl. The van der Waals surface area contributed by atoms with Crippen LogP contribution in [0.5, 0.6) is 11.6 Å². The molecule has 0 spiro atoms. The average molecular weight is 452 g/mol. The Morgan fingerprint density at radius 3 is 2.66 bits per heavy atom. The number of rotatable bonds is 7. The predicted octanol–water partition coefficient (Wildman–Crippen LogP) is 4.63. The van der Waals surface area contributed by atoms with Gasteiger partial charge in [-0.3, -0.25) is 4.79 Å². The lowest BCUT2D eigenvalue weighted by molar-refractivity contribution is -0.111. The second-order valence-corrected chi connectivity index (χ2v) is 7.32. The monoisotopic (exact) mass is 451 g/mol. The molecule has 1 aliphatic heterocycles. The lowest BCUT2D eigenvalue weighted by Gasteiger charge is -2.28. The molecule has 0 aliphatic carbocycles.